The van der Waals surface area contributed by atoms with E-state index in [1.165, 1.54) is 19.2 Å². The van der Waals surface area contributed by atoms with E-state index in [9.17, 15) is 19.7 Å². The highest BCUT2D eigenvalue weighted by atomic mass is 35.5. The van der Waals surface area contributed by atoms with Crippen molar-refractivity contribution in [1.29, 1.82) is 0 Å². The number of nitrogens with zero attached hydrogens (tertiary/aromatic N) is 1. The Kier molecular flexibility index (Phi) is 5.88. The topological polar surface area (TPSA) is 111 Å². The fourth-order valence-corrected chi connectivity index (χ4v) is 1.45. The molecule has 0 aliphatic carbocycles. The first-order valence-electron chi connectivity index (χ1n) is 5.47. The van der Waals surface area contributed by atoms with Crippen LogP contribution in [0.1, 0.15) is 0 Å². The molecule has 0 aromatic heterocycles. The van der Waals surface area contributed by atoms with Crippen LogP contribution in [0.4, 0.5) is 11.4 Å². The molecule has 2 N–H and O–H groups in total. The second-order valence-corrected chi connectivity index (χ2v) is 4.03. The van der Waals surface area contributed by atoms with Crippen LogP contribution in [0.2, 0.25) is 5.02 Å². The number of anilines is 1. The third-order valence-corrected chi connectivity index (χ3v) is 2.52. The number of benzene rings is 1. The van der Waals surface area contributed by atoms with Crippen molar-refractivity contribution in [1.82, 2.24) is 5.32 Å². The molecule has 8 nitrogen and oxygen atoms in total. The molecule has 0 saturated carbocycles. The molecule has 1 aromatic rings. The zero-order valence-corrected chi connectivity index (χ0v) is 11.3. The molecule has 0 spiro atoms. The largest absolute Gasteiger partial charge is 0.383 e. The standard InChI is InChI=1S/C11H12ClN3O5/c1-20-5-4-13-10(16)11(17)14-7-2-3-8(12)9(6-7)15(18)19/h2-3,6H,4-5H2,1H3,(H,13,16)(H,14,17). The summed E-state index contributed by atoms with van der Waals surface area (Å²) in [6.45, 7) is 0.453. The number of carbonyl (C=O) groups excluding carboxylic acids is 2. The van der Waals surface area contributed by atoms with Crippen molar-refractivity contribution in [3.8, 4) is 0 Å². The fraction of sp³-hybridized carbons (Fsp3) is 0.273. The first-order valence-corrected chi connectivity index (χ1v) is 5.85. The van der Waals surface area contributed by atoms with Crippen LogP contribution < -0.4 is 10.6 Å². The van der Waals surface area contributed by atoms with E-state index in [0.717, 1.165) is 6.07 Å². The zero-order chi connectivity index (χ0) is 15.1. The number of rotatable bonds is 5. The molecule has 0 radical (unpaired) electrons. The van der Waals surface area contributed by atoms with Crippen molar-refractivity contribution in [2.24, 2.45) is 0 Å². The molecule has 108 valence electrons. The van der Waals surface area contributed by atoms with E-state index in [0.29, 0.717) is 0 Å². The molecule has 0 unspecified atom stereocenters. The summed E-state index contributed by atoms with van der Waals surface area (Å²) in [7, 11) is 1.46. The lowest BCUT2D eigenvalue weighted by molar-refractivity contribution is -0.384. The van der Waals surface area contributed by atoms with E-state index in [4.69, 9.17) is 16.3 Å². The van der Waals surface area contributed by atoms with Gasteiger partial charge in [-0.15, -0.1) is 0 Å². The van der Waals surface area contributed by atoms with E-state index in [1.54, 1.807) is 0 Å². The van der Waals surface area contributed by atoms with Crippen molar-refractivity contribution in [2.75, 3.05) is 25.6 Å². The smallest absolute Gasteiger partial charge is 0.313 e. The van der Waals surface area contributed by atoms with Crippen LogP contribution in [-0.4, -0.2) is 37.0 Å². The predicted octanol–water partition coefficient (Wildman–Crippen LogP) is 0.949. The number of ether oxygens (including phenoxy) is 1. The maximum atomic E-state index is 11.5. The summed E-state index contributed by atoms with van der Waals surface area (Å²) in [6, 6.07) is 3.69. The highest BCUT2D eigenvalue weighted by Gasteiger charge is 2.17. The number of methoxy groups -OCH3 is 1. The van der Waals surface area contributed by atoms with E-state index < -0.39 is 16.7 Å². The number of nitro groups is 1. The van der Waals surface area contributed by atoms with Crippen molar-refractivity contribution < 1.29 is 19.2 Å². The lowest BCUT2D eigenvalue weighted by Gasteiger charge is -2.06. The lowest BCUT2D eigenvalue weighted by Crippen LogP contribution is -2.37. The first kappa shape index (κ1) is 15.9. The minimum atomic E-state index is -0.933. The number of nitrogens with one attached hydrogen (secondary N) is 2. The van der Waals surface area contributed by atoms with Gasteiger partial charge >= 0.3 is 11.8 Å². The molecule has 0 fully saturated rings. The lowest BCUT2D eigenvalue weighted by atomic mass is 10.2. The third-order valence-electron chi connectivity index (χ3n) is 2.20. The third kappa shape index (κ3) is 4.48. The predicted molar refractivity (Wildman–Crippen MR) is 71.6 cm³/mol. The molecule has 1 aromatic carbocycles. The molecule has 0 bridgehead atoms. The summed E-state index contributed by atoms with van der Waals surface area (Å²) in [5, 5.41) is 15.2. The highest BCUT2D eigenvalue weighted by Crippen LogP contribution is 2.27. The molecule has 2 amide bonds. The Labute approximate surface area is 119 Å². The van der Waals surface area contributed by atoms with Crippen LogP contribution in [0.25, 0.3) is 0 Å². The molecule has 20 heavy (non-hydrogen) atoms. The Balaban J connectivity index is 2.68. The summed E-state index contributed by atoms with van der Waals surface area (Å²) in [6.07, 6.45) is 0. The quantitative estimate of drug-likeness (QED) is 0.364. The van der Waals surface area contributed by atoms with Crippen molar-refractivity contribution in [3.05, 3.63) is 33.3 Å². The summed E-state index contributed by atoms with van der Waals surface area (Å²) >= 11 is 5.63. The Bertz CT molecular complexity index is 535. The van der Waals surface area contributed by atoms with Gasteiger partial charge < -0.3 is 15.4 Å². The van der Waals surface area contributed by atoms with Crippen LogP contribution in [0.5, 0.6) is 0 Å². The molecule has 9 heteroatoms. The average Bonchev–Trinajstić information content (AvgIpc) is 2.40. The van der Waals surface area contributed by atoms with Crippen molar-refractivity contribution in [2.45, 2.75) is 0 Å². The summed E-state index contributed by atoms with van der Waals surface area (Å²) in [4.78, 5) is 32.9. The van der Waals surface area contributed by atoms with E-state index in [-0.39, 0.29) is 29.5 Å². The second kappa shape index (κ2) is 7.41. The normalized spacial score (nSPS) is 9.90. The van der Waals surface area contributed by atoms with E-state index in [1.807, 2.05) is 0 Å². The monoisotopic (exact) mass is 301 g/mol. The SMILES string of the molecule is COCCNC(=O)C(=O)Nc1ccc(Cl)c([N+](=O)[O-])c1. The molecule has 0 atom stereocenters. The van der Waals surface area contributed by atoms with Gasteiger partial charge in [-0.1, -0.05) is 11.6 Å². The molecule has 0 saturated heterocycles. The Morgan fingerprint density at radius 1 is 1.40 bits per heavy atom. The van der Waals surface area contributed by atoms with Gasteiger partial charge in [0.2, 0.25) is 0 Å². The van der Waals surface area contributed by atoms with Crippen molar-refractivity contribution in [3.63, 3.8) is 0 Å². The van der Waals surface area contributed by atoms with Gasteiger partial charge in [0.1, 0.15) is 5.02 Å². The van der Waals surface area contributed by atoms with Gasteiger partial charge in [0.05, 0.1) is 11.5 Å². The number of carbonyl (C=O) groups is 2. The van der Waals surface area contributed by atoms with Gasteiger partial charge in [-0.25, -0.2) is 0 Å². The van der Waals surface area contributed by atoms with Gasteiger partial charge in [-0.3, -0.25) is 19.7 Å². The molecule has 0 aliphatic rings. The zero-order valence-electron chi connectivity index (χ0n) is 10.5. The Morgan fingerprint density at radius 3 is 2.70 bits per heavy atom. The number of amides is 2. The Hall–Kier alpha value is -2.19. The number of hydrogen-bond donors (Lipinski definition) is 2. The van der Waals surface area contributed by atoms with Crippen LogP contribution >= 0.6 is 11.6 Å². The molecular formula is C11H12ClN3O5. The first-order chi connectivity index (χ1) is 9.45. The van der Waals surface area contributed by atoms with E-state index >= 15 is 0 Å². The maximum absolute atomic E-state index is 11.5. The van der Waals surface area contributed by atoms with Gasteiger partial charge in [-0.05, 0) is 12.1 Å². The summed E-state index contributed by atoms with van der Waals surface area (Å²) in [5.41, 5.74) is -0.253. The van der Waals surface area contributed by atoms with Crippen LogP contribution in [0.3, 0.4) is 0 Å². The van der Waals surface area contributed by atoms with Crippen LogP contribution in [0.15, 0.2) is 18.2 Å². The van der Waals surface area contributed by atoms with Crippen LogP contribution in [0, 0.1) is 10.1 Å². The maximum Gasteiger partial charge on any atom is 0.313 e. The van der Waals surface area contributed by atoms with E-state index in [2.05, 4.69) is 10.6 Å². The molecule has 1 rings (SSSR count). The summed E-state index contributed by atoms with van der Waals surface area (Å²) in [5.74, 6) is -1.79. The number of halogens is 1. The summed E-state index contributed by atoms with van der Waals surface area (Å²) < 4.78 is 4.71. The van der Waals surface area contributed by atoms with Gasteiger partial charge in [0.25, 0.3) is 5.69 Å². The Morgan fingerprint density at radius 2 is 2.10 bits per heavy atom. The van der Waals surface area contributed by atoms with Gasteiger partial charge in [0, 0.05) is 25.4 Å². The second-order valence-electron chi connectivity index (χ2n) is 3.63. The molecular weight excluding hydrogens is 290 g/mol. The van der Waals surface area contributed by atoms with Crippen LogP contribution in [-0.2, 0) is 14.3 Å². The molecule has 0 aliphatic heterocycles. The minimum Gasteiger partial charge on any atom is -0.383 e. The number of nitro benzene ring substituents is 1. The molecule has 0 heterocycles. The minimum absolute atomic E-state index is 0.0578. The van der Waals surface area contributed by atoms with Gasteiger partial charge in [0.15, 0.2) is 0 Å². The fourth-order valence-electron chi connectivity index (χ4n) is 1.27. The highest BCUT2D eigenvalue weighted by molar-refractivity contribution is 6.39. The van der Waals surface area contributed by atoms with Crippen molar-refractivity contribution >= 4 is 34.8 Å². The number of hydrogen-bond acceptors (Lipinski definition) is 5. The average molecular weight is 302 g/mol. The van der Waals surface area contributed by atoms with Gasteiger partial charge in [-0.2, -0.15) is 0 Å².